The molecule has 1 aliphatic rings. The summed E-state index contributed by atoms with van der Waals surface area (Å²) in [5.74, 6) is -5.81. The number of hydrogen-bond donors (Lipinski definition) is 9. The summed E-state index contributed by atoms with van der Waals surface area (Å²) in [4.78, 5) is 121. The van der Waals surface area contributed by atoms with E-state index in [-0.39, 0.29) is 76.0 Å². The van der Waals surface area contributed by atoms with Gasteiger partial charge in [-0.2, -0.15) is 0 Å². The topological polar surface area (TPSA) is 308 Å². The third-order valence-corrected chi connectivity index (χ3v) is 13.2. The van der Waals surface area contributed by atoms with Crippen LogP contribution in [0.5, 0.6) is 0 Å². The minimum atomic E-state index is -1.82. The van der Waals surface area contributed by atoms with Crippen molar-refractivity contribution in [2.45, 2.75) is 147 Å². The Kier molecular flexibility index (Phi) is 22.1. The summed E-state index contributed by atoms with van der Waals surface area (Å²) < 4.78 is 11.3. The van der Waals surface area contributed by atoms with E-state index in [0.29, 0.717) is 18.4 Å². The number of alkyl carbamates (subject to hydrolysis) is 2. The summed E-state index contributed by atoms with van der Waals surface area (Å²) in [6.07, 6.45) is -0.976. The minimum absolute atomic E-state index is 0.0329. The Morgan fingerprint density at radius 1 is 0.615 bits per heavy atom. The molecule has 0 aliphatic heterocycles. The first-order valence-corrected chi connectivity index (χ1v) is 26.5. The Bertz CT molecular complexity index is 2750. The predicted molar refractivity (Wildman–Crippen MR) is 295 cm³/mol. The lowest BCUT2D eigenvalue weighted by molar-refractivity contribution is -0.137. The zero-order valence-electron chi connectivity index (χ0n) is 45.8. The summed E-state index contributed by atoms with van der Waals surface area (Å²) >= 11 is 0. The summed E-state index contributed by atoms with van der Waals surface area (Å²) in [7, 11) is 0. The molecule has 4 aromatic carbocycles. The Labute approximate surface area is 456 Å². The first-order chi connectivity index (χ1) is 36.9. The van der Waals surface area contributed by atoms with Crippen LogP contribution in [0.1, 0.15) is 122 Å². The van der Waals surface area contributed by atoms with Crippen LogP contribution < -0.4 is 48.7 Å². The summed E-state index contributed by atoms with van der Waals surface area (Å²) in [6, 6.07) is 23.6. The minimum Gasteiger partial charge on any atom is -0.449 e. The lowest BCUT2D eigenvalue weighted by Gasteiger charge is -2.33. The van der Waals surface area contributed by atoms with Gasteiger partial charge in [-0.1, -0.05) is 105 Å². The highest BCUT2D eigenvalue weighted by atomic mass is 16.6. The number of rotatable bonds is 28. The van der Waals surface area contributed by atoms with Crippen molar-refractivity contribution in [3.8, 4) is 11.1 Å². The van der Waals surface area contributed by atoms with Crippen LogP contribution in [0.4, 0.5) is 9.59 Å². The van der Waals surface area contributed by atoms with Crippen LogP contribution in [0.3, 0.4) is 0 Å². The zero-order valence-corrected chi connectivity index (χ0v) is 45.8. The molecule has 9 amide bonds. The van der Waals surface area contributed by atoms with E-state index in [2.05, 4.69) is 37.2 Å². The van der Waals surface area contributed by atoms with Gasteiger partial charge in [0.05, 0.1) is 6.42 Å². The van der Waals surface area contributed by atoms with Crippen LogP contribution in [0.2, 0.25) is 0 Å². The van der Waals surface area contributed by atoms with E-state index in [4.69, 9.17) is 20.9 Å². The van der Waals surface area contributed by atoms with Crippen molar-refractivity contribution >= 4 is 64.3 Å². The molecular weight excluding hydrogens is 999 g/mol. The van der Waals surface area contributed by atoms with Gasteiger partial charge in [0.1, 0.15) is 41.9 Å². The number of amides is 9. The first kappa shape index (κ1) is 60.8. The highest BCUT2D eigenvalue weighted by molar-refractivity contribution is 5.99. The highest BCUT2D eigenvalue weighted by Crippen LogP contribution is 2.44. The van der Waals surface area contributed by atoms with Gasteiger partial charge in [0, 0.05) is 32.4 Å². The van der Waals surface area contributed by atoms with Gasteiger partial charge in [-0.25, -0.2) is 9.59 Å². The van der Waals surface area contributed by atoms with Gasteiger partial charge >= 0.3 is 12.2 Å². The van der Waals surface area contributed by atoms with Crippen LogP contribution in [-0.4, -0.2) is 109 Å². The fraction of sp³-hybridized carbons (Fsp3) is 0.466. The zero-order chi connectivity index (χ0) is 57.2. The maximum Gasteiger partial charge on any atom is 0.407 e. The Morgan fingerprint density at radius 3 is 1.82 bits per heavy atom. The molecule has 420 valence electrons. The number of nitrogens with one attached hydrogen (secondary N) is 7. The molecule has 0 bridgehead atoms. The molecule has 11 N–H and O–H groups in total. The van der Waals surface area contributed by atoms with Gasteiger partial charge < -0.3 is 58.2 Å². The van der Waals surface area contributed by atoms with E-state index in [1.54, 1.807) is 20.8 Å². The number of fused-ring (bicyclic) bond motifs is 4. The molecule has 5 atom stereocenters. The molecule has 20 heteroatoms. The molecule has 1 aliphatic carbocycles. The SMILES string of the molecule is CC(=O)NCCCC[C@H](NC(=O)[C@](C)(CCCCNC(=O)OC(C)(C)C)NC(=O)[C@H](Cc1ccc2ccccc2c1)NC(=O)OCC1c2ccccc2-c2ccccc21)C(=O)N[C@@H](CC(N)=O)C(=O)N[C@H](CC(C)C)C(N)=O. The van der Waals surface area contributed by atoms with Crippen molar-refractivity contribution < 1.29 is 52.6 Å². The second-order valence-corrected chi connectivity index (χ2v) is 21.4. The first-order valence-electron chi connectivity index (χ1n) is 26.5. The molecule has 20 nitrogen and oxygen atoms in total. The predicted octanol–water partition coefficient (Wildman–Crippen LogP) is 5.03. The molecule has 5 rings (SSSR count). The maximum atomic E-state index is 15.0. The Hall–Kier alpha value is -8.03. The monoisotopic (exact) mass is 1080 g/mol. The van der Waals surface area contributed by atoms with Crippen molar-refractivity contribution in [2.75, 3.05) is 19.7 Å². The van der Waals surface area contributed by atoms with Gasteiger partial charge in [-0.05, 0) is 117 Å². The Balaban J connectivity index is 1.44. The third kappa shape index (κ3) is 18.6. The number of primary amides is 2. The summed E-state index contributed by atoms with van der Waals surface area (Å²) in [5, 5.41) is 20.7. The summed E-state index contributed by atoms with van der Waals surface area (Å²) in [6.45, 7) is 12.0. The molecule has 0 unspecified atom stereocenters. The van der Waals surface area contributed by atoms with Gasteiger partial charge in [0.2, 0.25) is 41.4 Å². The molecule has 78 heavy (non-hydrogen) atoms. The molecular formula is C58H77N9O11. The lowest BCUT2D eigenvalue weighted by atomic mass is 9.91. The Morgan fingerprint density at radius 2 is 1.21 bits per heavy atom. The normalized spacial score (nSPS) is 14.2. The number of nitrogens with two attached hydrogens (primary N) is 2. The fourth-order valence-corrected chi connectivity index (χ4v) is 9.29. The fourth-order valence-electron chi connectivity index (χ4n) is 9.29. The summed E-state index contributed by atoms with van der Waals surface area (Å²) in [5.41, 5.74) is 13.3. The average molecular weight is 1080 g/mol. The maximum absolute atomic E-state index is 15.0. The molecule has 0 radical (unpaired) electrons. The van der Waals surface area contributed by atoms with Gasteiger partial charge in [0.25, 0.3) is 0 Å². The van der Waals surface area contributed by atoms with Gasteiger partial charge in [-0.15, -0.1) is 0 Å². The van der Waals surface area contributed by atoms with Gasteiger partial charge in [0.15, 0.2) is 0 Å². The van der Waals surface area contributed by atoms with Crippen LogP contribution in [0.15, 0.2) is 91.0 Å². The molecule has 0 heterocycles. The van der Waals surface area contributed by atoms with E-state index in [1.165, 1.54) is 13.8 Å². The number of benzene rings is 4. The quantitative estimate of drug-likeness (QED) is 0.0340. The van der Waals surface area contributed by atoms with Crippen molar-refractivity contribution in [3.63, 3.8) is 0 Å². The van der Waals surface area contributed by atoms with Crippen LogP contribution >= 0.6 is 0 Å². The lowest BCUT2D eigenvalue weighted by Crippen LogP contribution is -2.64. The van der Waals surface area contributed by atoms with Crippen molar-refractivity contribution in [1.29, 1.82) is 0 Å². The van der Waals surface area contributed by atoms with Crippen LogP contribution in [0.25, 0.3) is 21.9 Å². The van der Waals surface area contributed by atoms with E-state index < -0.39 is 89.4 Å². The molecule has 0 spiro atoms. The standard InChI is InChI=1S/C58H77N9O11/c1-35(2)30-46(50(60)70)63-52(72)48(33-49(59)69)64-51(71)45(24-14-16-28-61-36(3)68)65-54(74)58(7,27-15-17-29-62-55(75)78-57(4,5)6)67-53(73)47(32-37-25-26-38-18-8-9-19-39(38)31-37)66-56(76)77-34-44-42-22-12-10-20-40(42)41-21-11-13-23-43(41)44/h8-13,18-23,25-26,31,35,44-48H,14-17,24,27-30,32-34H2,1-7H3,(H2,59,69)(H2,60,70)(H,61,68)(H,62,75)(H,63,72)(H,64,71)(H,65,74)(H,66,76)(H,67,73)/t45-,46+,47-,48-,58-/m0/s1. The second-order valence-electron chi connectivity index (χ2n) is 21.4. The van der Waals surface area contributed by atoms with Crippen molar-refractivity contribution in [1.82, 2.24) is 37.2 Å². The van der Waals surface area contributed by atoms with E-state index >= 15 is 0 Å². The van der Waals surface area contributed by atoms with E-state index in [1.807, 2.05) is 105 Å². The van der Waals surface area contributed by atoms with Crippen molar-refractivity contribution in [2.24, 2.45) is 17.4 Å². The van der Waals surface area contributed by atoms with E-state index in [9.17, 15) is 43.2 Å². The van der Waals surface area contributed by atoms with Crippen LogP contribution in [0, 0.1) is 5.92 Å². The van der Waals surface area contributed by atoms with Gasteiger partial charge in [-0.3, -0.25) is 33.6 Å². The second kappa shape index (κ2) is 28.4. The number of carbonyl (C=O) groups excluding carboxylic acids is 9. The molecule has 4 aromatic rings. The number of carbonyl (C=O) groups is 9. The molecule has 0 saturated carbocycles. The number of ether oxygens (including phenoxy) is 2. The number of hydrogen-bond acceptors (Lipinski definition) is 11. The van der Waals surface area contributed by atoms with Crippen molar-refractivity contribution in [3.05, 3.63) is 108 Å². The third-order valence-electron chi connectivity index (χ3n) is 13.2. The van der Waals surface area contributed by atoms with Crippen LogP contribution in [-0.2, 0) is 49.5 Å². The number of unbranched alkanes of at least 4 members (excludes halogenated alkanes) is 2. The molecule has 0 aromatic heterocycles. The average Bonchev–Trinajstić information content (AvgIpc) is 3.72. The smallest absolute Gasteiger partial charge is 0.407 e. The highest BCUT2D eigenvalue weighted by Gasteiger charge is 2.40. The largest absolute Gasteiger partial charge is 0.449 e. The molecule has 0 saturated heterocycles. The van der Waals surface area contributed by atoms with E-state index in [0.717, 1.165) is 33.0 Å². The molecule has 0 fully saturated rings.